The summed E-state index contributed by atoms with van der Waals surface area (Å²) in [5, 5.41) is 0. The van der Waals surface area contributed by atoms with Crippen LogP contribution in [-0.4, -0.2) is 29.0 Å². The van der Waals surface area contributed by atoms with Crippen LogP contribution in [0.25, 0.3) is 0 Å². The summed E-state index contributed by atoms with van der Waals surface area (Å²) in [7, 11) is 0. The SMILES string of the molecule is CC1OC(=O)N(C(C)Cc2ccccc2)C1=O. The Kier molecular flexibility index (Phi) is 3.13. The number of carbonyl (C=O) groups excluding carboxylic acids is 2. The van der Waals surface area contributed by atoms with Crippen LogP contribution in [0, 0.1) is 0 Å². The highest BCUT2D eigenvalue weighted by Crippen LogP contribution is 2.18. The van der Waals surface area contributed by atoms with Gasteiger partial charge in [-0.05, 0) is 25.8 Å². The van der Waals surface area contributed by atoms with E-state index >= 15 is 0 Å². The Morgan fingerprint density at radius 1 is 1.29 bits per heavy atom. The van der Waals surface area contributed by atoms with Crippen molar-refractivity contribution >= 4 is 12.0 Å². The average Bonchev–Trinajstić information content (AvgIpc) is 2.54. The van der Waals surface area contributed by atoms with E-state index in [4.69, 9.17) is 4.74 Å². The summed E-state index contributed by atoms with van der Waals surface area (Å²) in [4.78, 5) is 24.4. The van der Waals surface area contributed by atoms with Gasteiger partial charge >= 0.3 is 6.09 Å². The first-order valence-corrected chi connectivity index (χ1v) is 5.67. The predicted octanol–water partition coefficient (Wildman–Crippen LogP) is 1.98. The van der Waals surface area contributed by atoms with Crippen LogP contribution in [0.5, 0.6) is 0 Å². The Balaban J connectivity index is 2.08. The lowest BCUT2D eigenvalue weighted by Crippen LogP contribution is -2.39. The maximum atomic E-state index is 11.7. The number of nitrogens with zero attached hydrogens (tertiary/aromatic N) is 1. The predicted molar refractivity (Wildman–Crippen MR) is 62.4 cm³/mol. The smallest absolute Gasteiger partial charge is 0.417 e. The van der Waals surface area contributed by atoms with Crippen molar-refractivity contribution in [1.29, 1.82) is 0 Å². The minimum absolute atomic E-state index is 0.178. The standard InChI is InChI=1S/C13H15NO3/c1-9(8-11-6-4-3-5-7-11)14-12(15)10(2)17-13(14)16/h3-7,9-10H,8H2,1-2H3. The second-order valence-corrected chi connectivity index (χ2v) is 4.27. The van der Waals surface area contributed by atoms with Gasteiger partial charge in [0, 0.05) is 6.04 Å². The lowest BCUT2D eigenvalue weighted by atomic mass is 10.1. The molecule has 2 amide bonds. The number of ether oxygens (including phenoxy) is 1. The summed E-state index contributed by atoms with van der Waals surface area (Å²) in [6, 6.07) is 9.59. The molecule has 0 N–H and O–H groups in total. The van der Waals surface area contributed by atoms with E-state index in [0.29, 0.717) is 6.42 Å². The number of benzene rings is 1. The van der Waals surface area contributed by atoms with Crippen LogP contribution in [0.1, 0.15) is 19.4 Å². The molecule has 1 aromatic rings. The van der Waals surface area contributed by atoms with Gasteiger partial charge in [0.1, 0.15) is 0 Å². The van der Waals surface area contributed by atoms with Crippen molar-refractivity contribution in [3.63, 3.8) is 0 Å². The first kappa shape index (κ1) is 11.6. The second-order valence-electron chi connectivity index (χ2n) is 4.27. The first-order chi connectivity index (χ1) is 8.09. The summed E-state index contributed by atoms with van der Waals surface area (Å²) >= 11 is 0. The fraction of sp³-hybridized carbons (Fsp3) is 0.385. The number of hydrogen-bond donors (Lipinski definition) is 0. The molecule has 0 aliphatic carbocycles. The zero-order chi connectivity index (χ0) is 12.4. The monoisotopic (exact) mass is 233 g/mol. The molecule has 1 heterocycles. The molecule has 1 aliphatic rings. The van der Waals surface area contributed by atoms with E-state index in [1.54, 1.807) is 6.92 Å². The molecule has 0 radical (unpaired) electrons. The molecule has 1 fully saturated rings. The molecule has 0 spiro atoms. The van der Waals surface area contributed by atoms with E-state index < -0.39 is 12.2 Å². The average molecular weight is 233 g/mol. The Bertz CT molecular complexity index is 430. The van der Waals surface area contributed by atoms with Crippen LogP contribution in [0.2, 0.25) is 0 Å². The van der Waals surface area contributed by atoms with Gasteiger partial charge in [0.2, 0.25) is 0 Å². The van der Waals surface area contributed by atoms with E-state index in [0.717, 1.165) is 5.56 Å². The van der Waals surface area contributed by atoms with Crippen molar-refractivity contribution in [2.45, 2.75) is 32.4 Å². The van der Waals surface area contributed by atoms with E-state index in [2.05, 4.69) is 0 Å². The molecule has 1 aromatic carbocycles. The lowest BCUT2D eigenvalue weighted by molar-refractivity contribution is -0.130. The van der Waals surface area contributed by atoms with E-state index in [-0.39, 0.29) is 11.9 Å². The van der Waals surface area contributed by atoms with Crippen molar-refractivity contribution in [2.24, 2.45) is 0 Å². The third-order valence-electron chi connectivity index (χ3n) is 2.87. The van der Waals surface area contributed by atoms with Crippen LogP contribution in [0.15, 0.2) is 30.3 Å². The summed E-state index contributed by atoms with van der Waals surface area (Å²) in [5.41, 5.74) is 1.10. The fourth-order valence-electron chi connectivity index (χ4n) is 1.99. The molecule has 1 saturated heterocycles. The molecule has 0 saturated carbocycles. The first-order valence-electron chi connectivity index (χ1n) is 5.67. The lowest BCUT2D eigenvalue weighted by Gasteiger charge is -2.19. The molecule has 4 nitrogen and oxygen atoms in total. The molecule has 0 bridgehead atoms. The topological polar surface area (TPSA) is 46.6 Å². The van der Waals surface area contributed by atoms with Crippen molar-refractivity contribution in [1.82, 2.24) is 4.90 Å². The van der Waals surface area contributed by atoms with Gasteiger partial charge in [-0.1, -0.05) is 30.3 Å². The number of amides is 2. The van der Waals surface area contributed by atoms with Gasteiger partial charge in [-0.3, -0.25) is 4.79 Å². The normalized spacial score (nSPS) is 21.5. The largest absolute Gasteiger partial charge is 0.436 e. The number of cyclic esters (lactones) is 1. The van der Waals surface area contributed by atoms with Crippen LogP contribution in [-0.2, 0) is 16.0 Å². The van der Waals surface area contributed by atoms with Crippen molar-refractivity contribution in [3.8, 4) is 0 Å². The quantitative estimate of drug-likeness (QED) is 0.802. The third-order valence-corrected chi connectivity index (χ3v) is 2.87. The summed E-state index contributed by atoms with van der Waals surface area (Å²) in [6.45, 7) is 3.44. The van der Waals surface area contributed by atoms with Gasteiger partial charge in [-0.2, -0.15) is 0 Å². The van der Waals surface area contributed by atoms with Gasteiger partial charge < -0.3 is 4.74 Å². The van der Waals surface area contributed by atoms with Gasteiger partial charge in [0.15, 0.2) is 6.10 Å². The highest BCUT2D eigenvalue weighted by atomic mass is 16.6. The number of rotatable bonds is 3. The zero-order valence-electron chi connectivity index (χ0n) is 9.92. The van der Waals surface area contributed by atoms with Gasteiger partial charge in [-0.15, -0.1) is 0 Å². The zero-order valence-corrected chi connectivity index (χ0v) is 9.92. The third kappa shape index (κ3) is 2.30. The fourth-order valence-corrected chi connectivity index (χ4v) is 1.99. The number of hydrogen-bond acceptors (Lipinski definition) is 3. The molecule has 2 atom stereocenters. The molecule has 1 aliphatic heterocycles. The minimum atomic E-state index is -0.652. The van der Waals surface area contributed by atoms with Gasteiger partial charge in [0.05, 0.1) is 0 Å². The summed E-state index contributed by atoms with van der Waals surface area (Å²) < 4.78 is 4.88. The van der Waals surface area contributed by atoms with E-state index in [1.807, 2.05) is 37.3 Å². The summed E-state index contributed by atoms with van der Waals surface area (Å²) in [5.74, 6) is -0.251. The van der Waals surface area contributed by atoms with Crippen LogP contribution in [0.3, 0.4) is 0 Å². The molecular formula is C13H15NO3. The van der Waals surface area contributed by atoms with Gasteiger partial charge in [0.25, 0.3) is 5.91 Å². The maximum absolute atomic E-state index is 11.7. The molecule has 2 rings (SSSR count). The number of carbonyl (C=O) groups is 2. The number of imide groups is 1. The molecule has 90 valence electrons. The van der Waals surface area contributed by atoms with Crippen molar-refractivity contribution < 1.29 is 14.3 Å². The maximum Gasteiger partial charge on any atom is 0.417 e. The molecular weight excluding hydrogens is 218 g/mol. The highest BCUT2D eigenvalue weighted by Gasteiger charge is 2.40. The second kappa shape index (κ2) is 4.57. The van der Waals surface area contributed by atoms with E-state index in [1.165, 1.54) is 4.90 Å². The molecule has 0 aromatic heterocycles. The summed E-state index contributed by atoms with van der Waals surface area (Å²) in [6.07, 6.45) is -0.541. The van der Waals surface area contributed by atoms with Crippen LogP contribution >= 0.6 is 0 Å². The van der Waals surface area contributed by atoms with Gasteiger partial charge in [-0.25, -0.2) is 9.69 Å². The Hall–Kier alpha value is -1.84. The molecule has 17 heavy (non-hydrogen) atoms. The highest BCUT2D eigenvalue weighted by molar-refractivity contribution is 6.00. The van der Waals surface area contributed by atoms with Crippen LogP contribution in [0.4, 0.5) is 4.79 Å². The molecule has 4 heteroatoms. The minimum Gasteiger partial charge on any atom is -0.436 e. The Labute approximate surface area is 100 Å². The van der Waals surface area contributed by atoms with Crippen molar-refractivity contribution in [3.05, 3.63) is 35.9 Å². The van der Waals surface area contributed by atoms with Crippen molar-refractivity contribution in [2.75, 3.05) is 0 Å². The molecule has 2 unspecified atom stereocenters. The Morgan fingerprint density at radius 2 is 1.94 bits per heavy atom. The van der Waals surface area contributed by atoms with E-state index in [9.17, 15) is 9.59 Å². The van der Waals surface area contributed by atoms with Crippen LogP contribution < -0.4 is 0 Å². The Morgan fingerprint density at radius 3 is 2.47 bits per heavy atom.